The second kappa shape index (κ2) is 15.1. The van der Waals surface area contributed by atoms with Gasteiger partial charge in [-0.25, -0.2) is 0 Å². The molecular weight excluding hydrogens is 527 g/mol. The van der Waals surface area contributed by atoms with Crippen molar-refractivity contribution in [2.75, 3.05) is 39.8 Å². The van der Waals surface area contributed by atoms with Crippen molar-refractivity contribution in [1.82, 2.24) is 15.5 Å². The van der Waals surface area contributed by atoms with Crippen molar-refractivity contribution >= 4 is 29.9 Å². The van der Waals surface area contributed by atoms with E-state index in [-0.39, 0.29) is 24.0 Å². The number of aliphatic imine (C=N–C) groups is 1. The van der Waals surface area contributed by atoms with E-state index in [0.29, 0.717) is 18.9 Å². The molecule has 1 saturated heterocycles. The lowest BCUT2D eigenvalue weighted by atomic mass is 9.96. The Morgan fingerprint density at radius 3 is 2.42 bits per heavy atom. The number of piperidine rings is 1. The lowest BCUT2D eigenvalue weighted by Crippen LogP contribution is -2.39. The molecule has 3 rings (SSSR count). The van der Waals surface area contributed by atoms with Crippen LogP contribution < -0.4 is 15.4 Å². The predicted molar refractivity (Wildman–Crippen MR) is 146 cm³/mol. The summed E-state index contributed by atoms with van der Waals surface area (Å²) in [5.41, 5.74) is 2.29. The van der Waals surface area contributed by atoms with Crippen molar-refractivity contribution in [3.05, 3.63) is 65.7 Å². The number of hydrogen-bond donors (Lipinski definition) is 3. The summed E-state index contributed by atoms with van der Waals surface area (Å²) in [5, 5.41) is 17.0. The van der Waals surface area contributed by atoms with Crippen molar-refractivity contribution in [1.29, 1.82) is 0 Å². The van der Waals surface area contributed by atoms with E-state index in [1.54, 1.807) is 7.11 Å². The molecule has 2 aromatic carbocycles. The molecule has 0 amide bonds. The van der Waals surface area contributed by atoms with Gasteiger partial charge >= 0.3 is 0 Å². The van der Waals surface area contributed by atoms with E-state index in [4.69, 9.17) is 9.73 Å². The first kappa shape index (κ1) is 27.4. The molecule has 2 aromatic rings. The number of hydrogen-bond acceptors (Lipinski definition) is 4. The summed E-state index contributed by atoms with van der Waals surface area (Å²) in [6.07, 6.45) is 2.54. The zero-order valence-electron chi connectivity index (χ0n) is 19.9. The number of guanidine groups is 1. The lowest BCUT2D eigenvalue weighted by Gasteiger charge is -2.31. The van der Waals surface area contributed by atoms with Crippen LogP contribution in [0.2, 0.25) is 0 Å². The standard InChI is InChI=1S/C26H38N4O2.HI/c1-3-27-26(28-16-13-25(31)23-7-5-4-6-8-23)29-19-21-14-17-30(18-15-21)20-22-9-11-24(32-2)12-10-22;/h4-12,21,25,31H,3,13-20H2,1-2H3,(H2,27,28,29);1H. The number of rotatable bonds is 10. The van der Waals surface area contributed by atoms with Crippen LogP contribution in [-0.2, 0) is 6.54 Å². The Hall–Kier alpha value is -1.84. The zero-order chi connectivity index (χ0) is 22.6. The first-order chi connectivity index (χ1) is 15.7. The smallest absolute Gasteiger partial charge is 0.191 e. The second-order valence-electron chi connectivity index (χ2n) is 8.43. The maximum atomic E-state index is 10.3. The van der Waals surface area contributed by atoms with E-state index < -0.39 is 6.10 Å². The van der Waals surface area contributed by atoms with Gasteiger partial charge in [-0.1, -0.05) is 42.5 Å². The molecule has 182 valence electrons. The zero-order valence-corrected chi connectivity index (χ0v) is 22.2. The summed E-state index contributed by atoms with van der Waals surface area (Å²) >= 11 is 0. The molecule has 0 aliphatic carbocycles. The SMILES string of the molecule is CCNC(=NCC1CCN(Cc2ccc(OC)cc2)CC1)NCCC(O)c1ccccc1.I. The molecule has 0 spiro atoms. The van der Waals surface area contributed by atoms with Crippen LogP contribution in [0.1, 0.15) is 43.4 Å². The van der Waals surface area contributed by atoms with Gasteiger partial charge in [0.15, 0.2) is 5.96 Å². The minimum absolute atomic E-state index is 0. The molecule has 7 heteroatoms. The maximum absolute atomic E-state index is 10.3. The average molecular weight is 567 g/mol. The van der Waals surface area contributed by atoms with Crippen LogP contribution in [0.5, 0.6) is 5.75 Å². The number of likely N-dealkylation sites (tertiary alicyclic amines) is 1. The van der Waals surface area contributed by atoms with Crippen LogP contribution >= 0.6 is 24.0 Å². The third-order valence-electron chi connectivity index (χ3n) is 6.02. The van der Waals surface area contributed by atoms with Gasteiger partial charge in [0.05, 0.1) is 13.2 Å². The van der Waals surface area contributed by atoms with Gasteiger partial charge in [-0.2, -0.15) is 0 Å². The number of nitrogens with one attached hydrogen (secondary N) is 2. The molecule has 1 unspecified atom stereocenters. The lowest BCUT2D eigenvalue weighted by molar-refractivity contribution is 0.168. The van der Waals surface area contributed by atoms with E-state index in [1.807, 2.05) is 42.5 Å². The minimum Gasteiger partial charge on any atom is -0.497 e. The fourth-order valence-corrected chi connectivity index (χ4v) is 4.05. The predicted octanol–water partition coefficient (Wildman–Crippen LogP) is 4.20. The summed E-state index contributed by atoms with van der Waals surface area (Å²) in [6.45, 7) is 7.64. The van der Waals surface area contributed by atoms with Gasteiger partial charge in [0.1, 0.15) is 5.75 Å². The molecular formula is C26H39IN4O2. The molecule has 0 bridgehead atoms. The molecule has 1 heterocycles. The van der Waals surface area contributed by atoms with Crippen LogP contribution in [-0.4, -0.2) is 55.8 Å². The van der Waals surface area contributed by atoms with Crippen LogP contribution in [0.25, 0.3) is 0 Å². The topological polar surface area (TPSA) is 69.1 Å². The summed E-state index contributed by atoms with van der Waals surface area (Å²) in [4.78, 5) is 7.34. The van der Waals surface area contributed by atoms with Crippen molar-refractivity contribution in [3.8, 4) is 5.75 Å². The van der Waals surface area contributed by atoms with E-state index in [0.717, 1.165) is 50.0 Å². The fourth-order valence-electron chi connectivity index (χ4n) is 4.05. The summed E-state index contributed by atoms with van der Waals surface area (Å²) in [6, 6.07) is 18.2. The van der Waals surface area contributed by atoms with Crippen LogP contribution in [0.3, 0.4) is 0 Å². The van der Waals surface area contributed by atoms with Crippen molar-refractivity contribution in [2.24, 2.45) is 10.9 Å². The minimum atomic E-state index is -0.457. The fraction of sp³-hybridized carbons (Fsp3) is 0.500. The quantitative estimate of drug-likeness (QED) is 0.229. The van der Waals surface area contributed by atoms with Gasteiger partial charge in [-0.15, -0.1) is 24.0 Å². The van der Waals surface area contributed by atoms with Crippen LogP contribution in [0.4, 0.5) is 0 Å². The Kier molecular flexibility index (Phi) is 12.6. The maximum Gasteiger partial charge on any atom is 0.191 e. The van der Waals surface area contributed by atoms with E-state index >= 15 is 0 Å². The molecule has 1 atom stereocenters. The van der Waals surface area contributed by atoms with Crippen LogP contribution in [0, 0.1) is 5.92 Å². The number of aliphatic hydroxyl groups is 1. The largest absolute Gasteiger partial charge is 0.497 e. The molecule has 1 aliphatic rings. The summed E-state index contributed by atoms with van der Waals surface area (Å²) < 4.78 is 5.24. The summed E-state index contributed by atoms with van der Waals surface area (Å²) in [5.74, 6) is 2.37. The molecule has 1 aliphatic heterocycles. The normalized spacial score (nSPS) is 16.0. The van der Waals surface area contributed by atoms with Crippen molar-refractivity contribution in [3.63, 3.8) is 0 Å². The van der Waals surface area contributed by atoms with E-state index in [1.165, 1.54) is 18.4 Å². The third kappa shape index (κ3) is 9.51. The van der Waals surface area contributed by atoms with Crippen molar-refractivity contribution < 1.29 is 9.84 Å². The third-order valence-corrected chi connectivity index (χ3v) is 6.02. The number of halogens is 1. The van der Waals surface area contributed by atoms with Gasteiger partial charge in [-0.3, -0.25) is 9.89 Å². The molecule has 33 heavy (non-hydrogen) atoms. The highest BCUT2D eigenvalue weighted by molar-refractivity contribution is 14.0. The Morgan fingerprint density at radius 1 is 1.09 bits per heavy atom. The van der Waals surface area contributed by atoms with E-state index in [2.05, 4.69) is 34.6 Å². The first-order valence-corrected chi connectivity index (χ1v) is 11.8. The molecule has 0 radical (unpaired) electrons. The van der Waals surface area contributed by atoms with E-state index in [9.17, 15) is 5.11 Å². The van der Waals surface area contributed by atoms with Gasteiger partial charge < -0.3 is 20.5 Å². The Bertz CT molecular complexity index is 809. The van der Waals surface area contributed by atoms with Gasteiger partial charge in [-0.05, 0) is 68.5 Å². The monoisotopic (exact) mass is 566 g/mol. The number of methoxy groups -OCH3 is 1. The summed E-state index contributed by atoms with van der Waals surface area (Å²) in [7, 11) is 1.70. The van der Waals surface area contributed by atoms with Crippen molar-refractivity contribution in [2.45, 2.75) is 38.8 Å². The van der Waals surface area contributed by atoms with Gasteiger partial charge in [0, 0.05) is 26.2 Å². The molecule has 6 nitrogen and oxygen atoms in total. The highest BCUT2D eigenvalue weighted by Gasteiger charge is 2.19. The Balaban J connectivity index is 0.00000385. The average Bonchev–Trinajstić information content (AvgIpc) is 2.84. The Labute approximate surface area is 215 Å². The first-order valence-electron chi connectivity index (χ1n) is 11.8. The number of benzene rings is 2. The Morgan fingerprint density at radius 2 is 1.79 bits per heavy atom. The number of ether oxygens (including phenoxy) is 1. The van der Waals surface area contributed by atoms with Gasteiger partial charge in [0.25, 0.3) is 0 Å². The van der Waals surface area contributed by atoms with Crippen LogP contribution in [0.15, 0.2) is 59.6 Å². The highest BCUT2D eigenvalue weighted by Crippen LogP contribution is 2.20. The number of aliphatic hydroxyl groups excluding tert-OH is 1. The second-order valence-corrected chi connectivity index (χ2v) is 8.43. The highest BCUT2D eigenvalue weighted by atomic mass is 127. The molecule has 0 saturated carbocycles. The van der Waals surface area contributed by atoms with Gasteiger partial charge in [0.2, 0.25) is 0 Å². The molecule has 1 fully saturated rings. The molecule has 0 aromatic heterocycles. The molecule has 3 N–H and O–H groups in total. The number of nitrogens with zero attached hydrogens (tertiary/aromatic N) is 2.